The number of nitrogens with zero attached hydrogens (tertiary/aromatic N) is 2. The van der Waals surface area contributed by atoms with Crippen molar-refractivity contribution in [3.05, 3.63) is 40.2 Å². The number of aryl methyl sites for hydroxylation is 2. The molecule has 6 heteroatoms. The highest BCUT2D eigenvalue weighted by atomic mass is 16.5. The third kappa shape index (κ3) is 3.34. The van der Waals surface area contributed by atoms with E-state index in [9.17, 15) is 4.79 Å². The zero-order valence-electron chi connectivity index (χ0n) is 15.5. The van der Waals surface area contributed by atoms with Crippen molar-refractivity contribution in [3.63, 3.8) is 0 Å². The molecule has 1 aromatic heterocycles. The van der Waals surface area contributed by atoms with Crippen molar-refractivity contribution in [1.29, 1.82) is 0 Å². The number of carbonyl (C=O) groups excluding carboxylic acids is 1. The number of nitrogens with one attached hydrogen (secondary N) is 1. The Hall–Kier alpha value is -2.50. The van der Waals surface area contributed by atoms with Crippen molar-refractivity contribution in [2.45, 2.75) is 46.8 Å². The molecule has 0 spiro atoms. The number of ether oxygens (including phenoxy) is 2. The van der Waals surface area contributed by atoms with Gasteiger partial charge >= 0.3 is 0 Å². The molecule has 1 aliphatic rings. The first-order valence-electron chi connectivity index (χ1n) is 8.64. The van der Waals surface area contributed by atoms with E-state index in [1.807, 2.05) is 40.0 Å². The molecule has 0 radical (unpaired) electrons. The topological polar surface area (TPSA) is 65.4 Å². The molecule has 0 aliphatic carbocycles. The summed E-state index contributed by atoms with van der Waals surface area (Å²) >= 11 is 0. The first-order valence-corrected chi connectivity index (χ1v) is 8.64. The molecule has 134 valence electrons. The molecule has 0 bridgehead atoms. The molecule has 3 rings (SSSR count). The molecule has 0 saturated heterocycles. The Kier molecular flexibility index (Phi) is 4.70. The number of hydrogen-bond donors (Lipinski definition) is 1. The van der Waals surface area contributed by atoms with Gasteiger partial charge in [0.1, 0.15) is 17.6 Å². The monoisotopic (exact) mass is 343 g/mol. The van der Waals surface area contributed by atoms with Gasteiger partial charge in [-0.25, -0.2) is 0 Å². The van der Waals surface area contributed by atoms with E-state index in [2.05, 4.69) is 17.3 Å². The summed E-state index contributed by atoms with van der Waals surface area (Å²) < 4.78 is 13.3. The number of aromatic nitrogens is 2. The molecule has 0 saturated carbocycles. The van der Waals surface area contributed by atoms with Crippen LogP contribution in [0.5, 0.6) is 11.5 Å². The van der Waals surface area contributed by atoms with E-state index in [-0.39, 0.29) is 12.0 Å². The van der Waals surface area contributed by atoms with Gasteiger partial charge in [-0.1, -0.05) is 0 Å². The Morgan fingerprint density at radius 2 is 2.20 bits per heavy atom. The minimum atomic E-state index is -0.125. The normalized spacial score (nSPS) is 15.6. The van der Waals surface area contributed by atoms with Crippen molar-refractivity contribution in [3.8, 4) is 11.5 Å². The molecule has 2 heterocycles. The lowest BCUT2D eigenvalue weighted by atomic mass is 10.1. The molecule has 0 fully saturated rings. The molecule has 1 atom stereocenters. The van der Waals surface area contributed by atoms with Gasteiger partial charge in [-0.2, -0.15) is 5.10 Å². The summed E-state index contributed by atoms with van der Waals surface area (Å²) in [5, 5.41) is 7.28. The smallest absolute Gasteiger partial charge is 0.255 e. The Labute approximate surface area is 148 Å². The maximum Gasteiger partial charge on any atom is 0.255 e. The fraction of sp³-hybridized carbons (Fsp3) is 0.474. The van der Waals surface area contributed by atoms with Crippen LogP contribution in [0, 0.1) is 13.8 Å². The zero-order chi connectivity index (χ0) is 18.1. The standard InChI is InChI=1S/C19H25N3O3/c1-6-24-16-8-14-7-11(2)25-17(14)9-15(16)10-20-19(23)18-12(3)21-22(5)13(18)4/h8-9,11H,6-7,10H2,1-5H3,(H,20,23). The van der Waals surface area contributed by atoms with E-state index in [0.717, 1.165) is 40.4 Å². The lowest BCUT2D eigenvalue weighted by Crippen LogP contribution is -2.24. The van der Waals surface area contributed by atoms with E-state index in [1.165, 1.54) is 0 Å². The van der Waals surface area contributed by atoms with Crippen LogP contribution in [0.25, 0.3) is 0 Å². The Morgan fingerprint density at radius 3 is 2.84 bits per heavy atom. The highest BCUT2D eigenvalue weighted by Crippen LogP contribution is 2.35. The Bertz CT molecular complexity index is 811. The number of amides is 1. The third-order valence-electron chi connectivity index (χ3n) is 4.55. The highest BCUT2D eigenvalue weighted by molar-refractivity contribution is 5.96. The summed E-state index contributed by atoms with van der Waals surface area (Å²) in [4.78, 5) is 12.6. The van der Waals surface area contributed by atoms with Crippen LogP contribution < -0.4 is 14.8 Å². The highest BCUT2D eigenvalue weighted by Gasteiger charge is 2.23. The molecule has 6 nitrogen and oxygen atoms in total. The lowest BCUT2D eigenvalue weighted by molar-refractivity contribution is 0.0949. The van der Waals surface area contributed by atoms with Gasteiger partial charge in [-0.15, -0.1) is 0 Å². The summed E-state index contributed by atoms with van der Waals surface area (Å²) in [5.74, 6) is 1.56. The average Bonchev–Trinajstić information content (AvgIpc) is 3.03. The molecule has 1 amide bonds. The van der Waals surface area contributed by atoms with Gasteiger partial charge in [0.2, 0.25) is 0 Å². The third-order valence-corrected chi connectivity index (χ3v) is 4.55. The minimum Gasteiger partial charge on any atom is -0.494 e. The van der Waals surface area contributed by atoms with E-state index in [4.69, 9.17) is 9.47 Å². The summed E-state index contributed by atoms with van der Waals surface area (Å²) in [5.41, 5.74) is 4.29. The van der Waals surface area contributed by atoms with Crippen molar-refractivity contribution < 1.29 is 14.3 Å². The van der Waals surface area contributed by atoms with Crippen molar-refractivity contribution in [1.82, 2.24) is 15.1 Å². The van der Waals surface area contributed by atoms with Gasteiger partial charge < -0.3 is 14.8 Å². The first-order chi connectivity index (χ1) is 11.9. The minimum absolute atomic E-state index is 0.125. The molecule has 1 aliphatic heterocycles. The number of fused-ring (bicyclic) bond motifs is 1. The quantitative estimate of drug-likeness (QED) is 0.906. The molecular weight excluding hydrogens is 318 g/mol. The maximum atomic E-state index is 12.6. The number of rotatable bonds is 5. The van der Waals surface area contributed by atoms with Gasteiger partial charge in [-0.3, -0.25) is 9.48 Å². The van der Waals surface area contributed by atoms with Crippen LogP contribution in [0.2, 0.25) is 0 Å². The van der Waals surface area contributed by atoms with Crippen molar-refractivity contribution in [2.75, 3.05) is 6.61 Å². The SMILES string of the molecule is CCOc1cc2c(cc1CNC(=O)c1c(C)nn(C)c1C)OC(C)C2. The summed E-state index contributed by atoms with van der Waals surface area (Å²) in [7, 11) is 1.84. The molecular formula is C19H25N3O3. The predicted octanol–water partition coefficient (Wildman–Crippen LogP) is 2.69. The lowest BCUT2D eigenvalue weighted by Gasteiger charge is -2.13. The predicted molar refractivity (Wildman–Crippen MR) is 95.3 cm³/mol. The number of benzene rings is 1. The van der Waals surface area contributed by atoms with Crippen molar-refractivity contribution in [2.24, 2.45) is 7.05 Å². The van der Waals surface area contributed by atoms with E-state index in [1.54, 1.807) is 4.68 Å². The Morgan fingerprint density at radius 1 is 1.44 bits per heavy atom. The second-order valence-electron chi connectivity index (χ2n) is 6.49. The average molecular weight is 343 g/mol. The van der Waals surface area contributed by atoms with Crippen LogP contribution in [0.15, 0.2) is 12.1 Å². The van der Waals surface area contributed by atoms with Gasteiger partial charge in [0.15, 0.2) is 0 Å². The second-order valence-corrected chi connectivity index (χ2v) is 6.49. The van der Waals surface area contributed by atoms with Gasteiger partial charge in [0.05, 0.1) is 17.9 Å². The fourth-order valence-corrected chi connectivity index (χ4v) is 3.28. The maximum absolute atomic E-state index is 12.6. The van der Waals surface area contributed by atoms with Crippen LogP contribution >= 0.6 is 0 Å². The molecule has 1 aromatic carbocycles. The summed E-state index contributed by atoms with van der Waals surface area (Å²) in [6.07, 6.45) is 1.06. The first kappa shape index (κ1) is 17.3. The van der Waals surface area contributed by atoms with Crippen LogP contribution in [0.4, 0.5) is 0 Å². The largest absolute Gasteiger partial charge is 0.494 e. The van der Waals surface area contributed by atoms with Crippen LogP contribution in [0.3, 0.4) is 0 Å². The van der Waals surface area contributed by atoms with E-state index >= 15 is 0 Å². The zero-order valence-corrected chi connectivity index (χ0v) is 15.5. The number of carbonyl (C=O) groups is 1. The number of hydrogen-bond acceptors (Lipinski definition) is 4. The van der Waals surface area contributed by atoms with Crippen LogP contribution in [-0.2, 0) is 20.0 Å². The van der Waals surface area contributed by atoms with E-state index in [0.29, 0.717) is 18.7 Å². The van der Waals surface area contributed by atoms with Gasteiger partial charge in [0.25, 0.3) is 5.91 Å². The summed E-state index contributed by atoms with van der Waals surface area (Å²) in [6, 6.07) is 4.01. The Balaban J connectivity index is 1.80. The van der Waals surface area contributed by atoms with Crippen LogP contribution in [0.1, 0.15) is 46.7 Å². The molecule has 1 unspecified atom stereocenters. The van der Waals surface area contributed by atoms with Gasteiger partial charge in [0, 0.05) is 36.8 Å². The fourth-order valence-electron chi connectivity index (χ4n) is 3.28. The molecule has 25 heavy (non-hydrogen) atoms. The second kappa shape index (κ2) is 6.78. The van der Waals surface area contributed by atoms with E-state index < -0.39 is 0 Å². The van der Waals surface area contributed by atoms with Gasteiger partial charge in [-0.05, 0) is 39.8 Å². The molecule has 2 aromatic rings. The van der Waals surface area contributed by atoms with Crippen LogP contribution in [-0.4, -0.2) is 28.4 Å². The van der Waals surface area contributed by atoms with Crippen molar-refractivity contribution >= 4 is 5.91 Å². The molecule has 1 N–H and O–H groups in total. The summed E-state index contributed by atoms with van der Waals surface area (Å²) in [6.45, 7) is 8.71.